The Balaban J connectivity index is 1.58. The maximum atomic E-state index is 12.6. The summed E-state index contributed by atoms with van der Waals surface area (Å²) in [5.74, 6) is -1.42. The van der Waals surface area contributed by atoms with Crippen molar-refractivity contribution in [3.05, 3.63) is 47.2 Å². The molecule has 2 aliphatic rings. The molecule has 1 aromatic carbocycles. The van der Waals surface area contributed by atoms with Crippen molar-refractivity contribution in [1.29, 1.82) is 0 Å². The number of allylic oxidation sites excluding steroid dienone is 2. The van der Waals surface area contributed by atoms with Gasteiger partial charge in [0.1, 0.15) is 12.0 Å². The first-order chi connectivity index (χ1) is 14.1. The number of rotatable bonds is 8. The SMILES string of the molecule is O=CC1C(O)=C(C=NCCN2CCN(CCO)CC2)C(=O)CC1c1ccccc1. The van der Waals surface area contributed by atoms with Gasteiger partial charge in [0.2, 0.25) is 0 Å². The van der Waals surface area contributed by atoms with Crippen molar-refractivity contribution < 1.29 is 19.8 Å². The van der Waals surface area contributed by atoms with Gasteiger partial charge in [0.15, 0.2) is 5.78 Å². The van der Waals surface area contributed by atoms with Crippen LogP contribution in [0.1, 0.15) is 17.9 Å². The number of aliphatic hydroxyl groups excluding tert-OH is 2. The Hall–Kier alpha value is -2.35. The minimum absolute atomic E-state index is 0.155. The van der Waals surface area contributed by atoms with Crippen LogP contribution in [-0.4, -0.2) is 90.7 Å². The zero-order valence-corrected chi connectivity index (χ0v) is 16.6. The van der Waals surface area contributed by atoms with Gasteiger partial charge in [-0.3, -0.25) is 19.6 Å². The second-order valence-electron chi connectivity index (χ2n) is 7.55. The largest absolute Gasteiger partial charge is 0.511 e. The van der Waals surface area contributed by atoms with Gasteiger partial charge >= 0.3 is 0 Å². The minimum Gasteiger partial charge on any atom is -0.511 e. The van der Waals surface area contributed by atoms with Crippen LogP contribution in [0.4, 0.5) is 0 Å². The number of aliphatic hydroxyl groups is 2. The van der Waals surface area contributed by atoms with E-state index in [0.29, 0.717) is 13.1 Å². The molecule has 0 radical (unpaired) electrons. The Kier molecular flexibility index (Phi) is 7.69. The third-order valence-corrected chi connectivity index (χ3v) is 5.75. The quantitative estimate of drug-likeness (QED) is 0.501. The van der Waals surface area contributed by atoms with E-state index in [1.165, 1.54) is 6.21 Å². The number of aliphatic imine (C=N–C) groups is 1. The van der Waals surface area contributed by atoms with Crippen molar-refractivity contribution >= 4 is 18.3 Å². The number of β-amino-alcohol motifs (C(OH)–C–C–N with tert-alkyl or cyclic N) is 1. The van der Waals surface area contributed by atoms with E-state index in [-0.39, 0.29) is 36.1 Å². The number of ketones is 1. The Morgan fingerprint density at radius 2 is 1.72 bits per heavy atom. The maximum Gasteiger partial charge on any atom is 0.168 e. The maximum absolute atomic E-state index is 12.6. The molecular formula is C22H29N3O4. The van der Waals surface area contributed by atoms with Crippen molar-refractivity contribution in [2.75, 3.05) is 52.4 Å². The van der Waals surface area contributed by atoms with Gasteiger partial charge in [0.25, 0.3) is 0 Å². The molecule has 0 aromatic heterocycles. The average molecular weight is 399 g/mol. The van der Waals surface area contributed by atoms with E-state index in [1.807, 2.05) is 30.3 Å². The first-order valence-corrected chi connectivity index (χ1v) is 10.2. The van der Waals surface area contributed by atoms with Crippen LogP contribution in [-0.2, 0) is 9.59 Å². The van der Waals surface area contributed by atoms with E-state index < -0.39 is 5.92 Å². The summed E-state index contributed by atoms with van der Waals surface area (Å²) < 4.78 is 0. The number of carbonyl (C=O) groups is 2. The van der Waals surface area contributed by atoms with Gasteiger partial charge in [-0.2, -0.15) is 0 Å². The zero-order valence-electron chi connectivity index (χ0n) is 16.6. The van der Waals surface area contributed by atoms with E-state index in [9.17, 15) is 14.7 Å². The first kappa shape index (κ1) is 21.4. The van der Waals surface area contributed by atoms with Gasteiger partial charge in [-0.25, -0.2) is 0 Å². The lowest BCUT2D eigenvalue weighted by atomic mass is 9.76. The Morgan fingerprint density at radius 3 is 2.34 bits per heavy atom. The number of benzene rings is 1. The van der Waals surface area contributed by atoms with Crippen LogP contribution in [0.25, 0.3) is 0 Å². The monoisotopic (exact) mass is 399 g/mol. The third-order valence-electron chi connectivity index (χ3n) is 5.75. The van der Waals surface area contributed by atoms with Crippen LogP contribution in [0.3, 0.4) is 0 Å². The molecule has 2 N–H and O–H groups in total. The molecule has 0 saturated carbocycles. The molecule has 2 unspecified atom stereocenters. The van der Waals surface area contributed by atoms with Gasteiger partial charge in [-0.1, -0.05) is 30.3 Å². The minimum atomic E-state index is -0.726. The number of aldehydes is 1. The van der Waals surface area contributed by atoms with Crippen molar-refractivity contribution in [1.82, 2.24) is 9.80 Å². The first-order valence-electron chi connectivity index (χ1n) is 10.2. The number of hydrogen-bond donors (Lipinski definition) is 2. The molecule has 29 heavy (non-hydrogen) atoms. The molecule has 156 valence electrons. The predicted octanol–water partition coefficient (Wildman–Crippen LogP) is 1.05. The molecule has 7 heteroatoms. The molecule has 0 bridgehead atoms. The summed E-state index contributed by atoms with van der Waals surface area (Å²) in [7, 11) is 0. The average Bonchev–Trinajstić information content (AvgIpc) is 2.74. The van der Waals surface area contributed by atoms with E-state index in [4.69, 9.17) is 5.11 Å². The molecule has 0 amide bonds. The highest BCUT2D eigenvalue weighted by molar-refractivity contribution is 6.15. The lowest BCUT2D eigenvalue weighted by molar-refractivity contribution is -0.118. The lowest BCUT2D eigenvalue weighted by Crippen LogP contribution is -2.47. The molecule has 1 heterocycles. The Bertz CT molecular complexity index is 755. The van der Waals surface area contributed by atoms with Crippen LogP contribution in [0.5, 0.6) is 0 Å². The molecule has 1 fully saturated rings. The molecule has 1 aliphatic heterocycles. The third kappa shape index (κ3) is 5.38. The lowest BCUT2D eigenvalue weighted by Gasteiger charge is -2.33. The van der Waals surface area contributed by atoms with Gasteiger partial charge in [0, 0.05) is 57.8 Å². The summed E-state index contributed by atoms with van der Waals surface area (Å²) in [6.45, 7) is 5.90. The van der Waals surface area contributed by atoms with Gasteiger partial charge in [0.05, 0.1) is 24.6 Å². The number of nitrogens with zero attached hydrogens (tertiary/aromatic N) is 3. The van der Waals surface area contributed by atoms with Crippen molar-refractivity contribution in [2.24, 2.45) is 10.9 Å². The highest BCUT2D eigenvalue weighted by Gasteiger charge is 2.36. The van der Waals surface area contributed by atoms with Crippen molar-refractivity contribution in [3.8, 4) is 0 Å². The summed E-state index contributed by atoms with van der Waals surface area (Å²) >= 11 is 0. The van der Waals surface area contributed by atoms with Crippen LogP contribution < -0.4 is 0 Å². The fourth-order valence-electron chi connectivity index (χ4n) is 4.01. The van der Waals surface area contributed by atoms with Crippen LogP contribution in [0.2, 0.25) is 0 Å². The number of carbonyl (C=O) groups excluding carboxylic acids is 2. The molecular weight excluding hydrogens is 370 g/mol. The van der Waals surface area contributed by atoms with Gasteiger partial charge in [-0.15, -0.1) is 0 Å². The molecule has 0 spiro atoms. The highest BCUT2D eigenvalue weighted by Crippen LogP contribution is 2.37. The van der Waals surface area contributed by atoms with Crippen LogP contribution in [0.15, 0.2) is 46.7 Å². The number of hydrogen-bond acceptors (Lipinski definition) is 7. The fourth-order valence-corrected chi connectivity index (χ4v) is 4.01. The Morgan fingerprint density at radius 1 is 1.07 bits per heavy atom. The van der Waals surface area contributed by atoms with Gasteiger partial charge in [-0.05, 0) is 5.56 Å². The standard InChI is InChI=1S/C22H29N3O4/c26-13-12-25-10-8-24(9-11-25)7-6-23-15-19-21(28)14-18(20(16-27)22(19)29)17-4-2-1-3-5-17/h1-5,15-16,18,20,26,29H,6-14H2. The van der Waals surface area contributed by atoms with E-state index in [2.05, 4.69) is 14.8 Å². The van der Waals surface area contributed by atoms with Gasteiger partial charge < -0.3 is 15.0 Å². The zero-order chi connectivity index (χ0) is 20.6. The smallest absolute Gasteiger partial charge is 0.168 e. The summed E-state index contributed by atoms with van der Waals surface area (Å²) in [5, 5.41) is 19.6. The Labute approximate surface area is 171 Å². The number of Topliss-reactive ketones (excluding diaryl/α,β-unsaturated/α-hetero) is 1. The van der Waals surface area contributed by atoms with Crippen LogP contribution in [0, 0.1) is 5.92 Å². The van der Waals surface area contributed by atoms with Crippen LogP contribution >= 0.6 is 0 Å². The molecule has 1 aliphatic carbocycles. The van der Waals surface area contributed by atoms with E-state index >= 15 is 0 Å². The normalized spacial score (nSPS) is 24.4. The fraction of sp³-hybridized carbons (Fsp3) is 0.500. The number of piperazine rings is 1. The second-order valence-corrected chi connectivity index (χ2v) is 7.55. The molecule has 7 nitrogen and oxygen atoms in total. The highest BCUT2D eigenvalue weighted by atomic mass is 16.3. The summed E-state index contributed by atoms with van der Waals surface area (Å²) in [4.78, 5) is 33.1. The van der Waals surface area contributed by atoms with Crippen molar-refractivity contribution in [2.45, 2.75) is 12.3 Å². The van der Waals surface area contributed by atoms with Crippen molar-refractivity contribution in [3.63, 3.8) is 0 Å². The predicted molar refractivity (Wildman–Crippen MR) is 111 cm³/mol. The molecule has 1 aromatic rings. The second kappa shape index (κ2) is 10.4. The summed E-state index contributed by atoms with van der Waals surface area (Å²) in [6, 6.07) is 9.36. The topological polar surface area (TPSA) is 93.4 Å². The molecule has 3 rings (SSSR count). The van der Waals surface area contributed by atoms with E-state index in [1.54, 1.807) is 0 Å². The molecule has 1 saturated heterocycles. The summed E-state index contributed by atoms with van der Waals surface area (Å²) in [5.41, 5.74) is 1.03. The van der Waals surface area contributed by atoms with E-state index in [0.717, 1.165) is 44.6 Å². The summed E-state index contributed by atoms with van der Waals surface area (Å²) in [6.07, 6.45) is 2.34. The molecule has 2 atom stereocenters.